The second-order valence-electron chi connectivity index (χ2n) is 7.41. The number of aliphatic hydroxyl groups excluding tert-OH is 1. The van der Waals surface area contributed by atoms with E-state index in [1.54, 1.807) is 0 Å². The van der Waals surface area contributed by atoms with Gasteiger partial charge in [-0.15, -0.1) is 0 Å². The Balaban J connectivity index is 1.58. The summed E-state index contributed by atoms with van der Waals surface area (Å²) in [7, 11) is 0. The number of benzene rings is 1. The van der Waals surface area contributed by atoms with E-state index in [2.05, 4.69) is 10.6 Å². The number of hydrogen-bond donors (Lipinski definition) is 4. The predicted molar refractivity (Wildman–Crippen MR) is 90.7 cm³/mol. The van der Waals surface area contributed by atoms with Crippen LogP contribution in [-0.4, -0.2) is 46.0 Å². The van der Waals surface area contributed by atoms with Crippen LogP contribution in [-0.2, 0) is 4.79 Å². The number of rotatable bonds is 6. The van der Waals surface area contributed by atoms with E-state index < -0.39 is 53.6 Å². The van der Waals surface area contributed by atoms with Crippen LogP contribution in [0.2, 0.25) is 0 Å². The number of fused-ring (bicyclic) bond motifs is 3. The smallest absolute Gasteiger partial charge is 0.405 e. The lowest BCUT2D eigenvalue weighted by Crippen LogP contribution is -2.70. The number of amides is 2. The normalized spacial score (nSPS) is 28.8. The molecule has 0 saturated heterocycles. The minimum Gasteiger partial charge on any atom is -0.484 e. The third-order valence-electron chi connectivity index (χ3n) is 5.65. The van der Waals surface area contributed by atoms with E-state index in [0.717, 1.165) is 18.2 Å². The van der Waals surface area contributed by atoms with Gasteiger partial charge in [0.05, 0.1) is 17.2 Å². The summed E-state index contributed by atoms with van der Waals surface area (Å²) in [6.07, 6.45) is -3.18. The summed E-state index contributed by atoms with van der Waals surface area (Å²) in [5.41, 5.74) is -2.37. The quantitative estimate of drug-likeness (QED) is 0.584. The van der Waals surface area contributed by atoms with Crippen molar-refractivity contribution >= 4 is 12.0 Å². The number of halogens is 3. The molecule has 1 aromatic carbocycles. The van der Waals surface area contributed by atoms with Gasteiger partial charge in [-0.1, -0.05) is 0 Å². The molecule has 4 N–H and O–H groups in total. The minimum atomic E-state index is -3.00. The van der Waals surface area contributed by atoms with Crippen LogP contribution in [0.1, 0.15) is 44.1 Å². The molecule has 3 aliphatic rings. The average Bonchev–Trinajstić information content (AvgIpc) is 2.62. The SMILES string of the molecule is O=C(O)NC12CCC(NC(=O)COc3ccc(F)c(C(F)F)c3)(CC1)CC2O. The topological polar surface area (TPSA) is 108 Å². The molecule has 154 valence electrons. The molecule has 0 radical (unpaired) electrons. The molecule has 1 atom stereocenters. The van der Waals surface area contributed by atoms with Crippen LogP contribution in [0.4, 0.5) is 18.0 Å². The van der Waals surface area contributed by atoms with E-state index >= 15 is 0 Å². The van der Waals surface area contributed by atoms with Gasteiger partial charge in [0.15, 0.2) is 6.61 Å². The van der Waals surface area contributed by atoms with Crippen molar-refractivity contribution in [2.45, 2.75) is 55.7 Å². The third kappa shape index (κ3) is 4.01. The van der Waals surface area contributed by atoms with Crippen LogP contribution in [0.3, 0.4) is 0 Å². The van der Waals surface area contributed by atoms with Crippen LogP contribution in [0.15, 0.2) is 18.2 Å². The molecule has 0 spiro atoms. The Kier molecular flexibility index (Phi) is 5.42. The van der Waals surface area contributed by atoms with Gasteiger partial charge in [0, 0.05) is 5.54 Å². The first kappa shape index (κ1) is 20.2. The first-order chi connectivity index (χ1) is 13.1. The number of hydrogen-bond acceptors (Lipinski definition) is 4. The molecule has 0 heterocycles. The molecule has 7 nitrogen and oxygen atoms in total. The maximum atomic E-state index is 13.3. The Morgan fingerprint density at radius 3 is 2.46 bits per heavy atom. The van der Waals surface area contributed by atoms with Crippen LogP contribution in [0.5, 0.6) is 5.75 Å². The third-order valence-corrected chi connectivity index (χ3v) is 5.65. The second-order valence-corrected chi connectivity index (χ2v) is 7.41. The van der Waals surface area contributed by atoms with E-state index in [-0.39, 0.29) is 12.2 Å². The number of carbonyl (C=O) groups excluding carboxylic acids is 1. The molecule has 28 heavy (non-hydrogen) atoms. The van der Waals surface area contributed by atoms with Crippen molar-refractivity contribution in [1.29, 1.82) is 0 Å². The van der Waals surface area contributed by atoms with Crippen molar-refractivity contribution in [2.24, 2.45) is 0 Å². The van der Waals surface area contributed by atoms with E-state index in [1.165, 1.54) is 0 Å². The first-order valence-corrected chi connectivity index (χ1v) is 8.85. The lowest BCUT2D eigenvalue weighted by molar-refractivity contribution is -0.129. The fourth-order valence-electron chi connectivity index (χ4n) is 4.13. The number of carboxylic acid groups (broad SMARTS) is 1. The van der Waals surface area contributed by atoms with Crippen LogP contribution in [0, 0.1) is 5.82 Å². The van der Waals surface area contributed by atoms with E-state index in [9.17, 15) is 27.9 Å². The van der Waals surface area contributed by atoms with Crippen LogP contribution >= 0.6 is 0 Å². The molecule has 4 rings (SSSR count). The Labute approximate surface area is 158 Å². The predicted octanol–water partition coefficient (Wildman–Crippen LogP) is 2.34. The number of carbonyl (C=O) groups is 2. The van der Waals surface area contributed by atoms with Gasteiger partial charge < -0.3 is 25.6 Å². The van der Waals surface area contributed by atoms with Crippen molar-refractivity contribution in [1.82, 2.24) is 10.6 Å². The highest BCUT2D eigenvalue weighted by Gasteiger charge is 2.55. The van der Waals surface area contributed by atoms with Crippen molar-refractivity contribution in [2.75, 3.05) is 6.61 Å². The molecule has 3 saturated carbocycles. The van der Waals surface area contributed by atoms with Gasteiger partial charge in [-0.3, -0.25) is 4.79 Å². The molecule has 1 unspecified atom stereocenters. The highest BCUT2D eigenvalue weighted by molar-refractivity contribution is 5.78. The molecule has 0 aliphatic heterocycles. The zero-order valence-electron chi connectivity index (χ0n) is 14.9. The lowest BCUT2D eigenvalue weighted by atomic mass is 9.60. The van der Waals surface area contributed by atoms with E-state index in [1.807, 2.05) is 0 Å². The minimum absolute atomic E-state index is 0.0543. The van der Waals surface area contributed by atoms with Gasteiger partial charge in [0.2, 0.25) is 0 Å². The van der Waals surface area contributed by atoms with Gasteiger partial charge in [-0.25, -0.2) is 18.0 Å². The molecular weight excluding hydrogens is 381 g/mol. The van der Waals surface area contributed by atoms with Gasteiger partial charge >= 0.3 is 6.09 Å². The molecular formula is C18H21F3N2O5. The molecule has 1 aromatic rings. The molecule has 2 amide bonds. The van der Waals surface area contributed by atoms with Crippen molar-refractivity contribution in [3.63, 3.8) is 0 Å². The molecule has 3 aliphatic carbocycles. The summed E-state index contributed by atoms with van der Waals surface area (Å²) in [6, 6.07) is 2.85. The standard InChI is InChI=1S/C18H21F3N2O5/c19-12-2-1-10(7-11(12)15(20)21)28-9-14(25)22-17-3-5-18(6-4-17,13(24)8-17)23-16(26)27/h1-2,7,13,15,23-24H,3-6,8-9H2,(H,22,25)(H,26,27). The zero-order chi connectivity index (χ0) is 20.5. The Bertz CT molecular complexity index is 766. The number of aliphatic hydroxyl groups is 1. The van der Waals surface area contributed by atoms with Crippen molar-refractivity contribution < 1.29 is 37.7 Å². The van der Waals surface area contributed by atoms with Crippen LogP contribution < -0.4 is 15.4 Å². The monoisotopic (exact) mass is 402 g/mol. The molecule has 0 aromatic heterocycles. The largest absolute Gasteiger partial charge is 0.484 e. The summed E-state index contributed by atoms with van der Waals surface area (Å²) in [4.78, 5) is 23.2. The summed E-state index contributed by atoms with van der Waals surface area (Å²) in [5, 5.41) is 24.6. The summed E-state index contributed by atoms with van der Waals surface area (Å²) < 4.78 is 43.9. The van der Waals surface area contributed by atoms with Crippen molar-refractivity contribution in [3.05, 3.63) is 29.6 Å². The Morgan fingerprint density at radius 1 is 1.21 bits per heavy atom. The average molecular weight is 402 g/mol. The first-order valence-electron chi connectivity index (χ1n) is 8.85. The molecule has 3 fully saturated rings. The lowest BCUT2D eigenvalue weighted by Gasteiger charge is -2.55. The van der Waals surface area contributed by atoms with Gasteiger partial charge in [-0.2, -0.15) is 0 Å². The summed E-state index contributed by atoms with van der Waals surface area (Å²) in [5.74, 6) is -1.61. The summed E-state index contributed by atoms with van der Waals surface area (Å²) in [6.45, 7) is -0.454. The number of nitrogens with one attached hydrogen (secondary N) is 2. The molecule has 10 heteroatoms. The fourth-order valence-corrected chi connectivity index (χ4v) is 4.13. The van der Waals surface area contributed by atoms with Crippen LogP contribution in [0.25, 0.3) is 0 Å². The van der Waals surface area contributed by atoms with Gasteiger partial charge in [-0.05, 0) is 50.3 Å². The van der Waals surface area contributed by atoms with E-state index in [4.69, 9.17) is 9.84 Å². The van der Waals surface area contributed by atoms with Crippen molar-refractivity contribution in [3.8, 4) is 5.75 Å². The van der Waals surface area contributed by atoms with Gasteiger partial charge in [0.1, 0.15) is 11.6 Å². The highest BCUT2D eigenvalue weighted by atomic mass is 19.3. The fraction of sp³-hybridized carbons (Fsp3) is 0.556. The van der Waals surface area contributed by atoms with E-state index in [0.29, 0.717) is 25.7 Å². The second kappa shape index (κ2) is 7.50. The Hall–Kier alpha value is -2.49. The summed E-state index contributed by atoms with van der Waals surface area (Å²) >= 11 is 0. The zero-order valence-corrected chi connectivity index (χ0v) is 14.9. The maximum absolute atomic E-state index is 13.3. The highest BCUT2D eigenvalue weighted by Crippen LogP contribution is 2.47. The number of alkyl halides is 2. The van der Waals surface area contributed by atoms with Gasteiger partial charge in [0.25, 0.3) is 12.3 Å². The molecule has 2 bridgehead atoms. The maximum Gasteiger partial charge on any atom is 0.405 e. The Morgan fingerprint density at radius 2 is 1.89 bits per heavy atom. The number of ether oxygens (including phenoxy) is 1.